The average Bonchev–Trinajstić information content (AvgIpc) is 2.73. The number of carbonyl (C=O) groups is 2. The van der Waals surface area contributed by atoms with Gasteiger partial charge in [0.05, 0.1) is 11.1 Å². The van der Waals surface area contributed by atoms with E-state index in [1.807, 2.05) is 62.4 Å². The fourth-order valence-electron chi connectivity index (χ4n) is 3.22. The van der Waals surface area contributed by atoms with E-state index < -0.39 is 5.97 Å². The van der Waals surface area contributed by atoms with Crippen LogP contribution in [0.1, 0.15) is 34.1 Å². The SMILES string of the molecule is CCc1nc2ccccc2c(C(=O)OCC(=O)NCCc2ccc(Cl)cc2)c1C. The molecule has 5 nitrogen and oxygen atoms in total. The van der Waals surface area contributed by atoms with E-state index in [2.05, 4.69) is 10.3 Å². The van der Waals surface area contributed by atoms with Crippen LogP contribution in [0.4, 0.5) is 0 Å². The van der Waals surface area contributed by atoms with Crippen LogP contribution in [0.2, 0.25) is 5.02 Å². The van der Waals surface area contributed by atoms with Gasteiger partial charge in [-0.15, -0.1) is 0 Å². The highest BCUT2D eigenvalue weighted by molar-refractivity contribution is 6.30. The molecule has 0 spiro atoms. The van der Waals surface area contributed by atoms with Gasteiger partial charge < -0.3 is 10.1 Å². The lowest BCUT2D eigenvalue weighted by Crippen LogP contribution is -2.30. The number of pyridine rings is 1. The normalized spacial score (nSPS) is 10.7. The summed E-state index contributed by atoms with van der Waals surface area (Å²) >= 11 is 5.86. The fraction of sp³-hybridized carbons (Fsp3) is 0.261. The Morgan fingerprint density at radius 2 is 1.83 bits per heavy atom. The molecule has 3 rings (SSSR count). The van der Waals surface area contributed by atoms with Crippen molar-refractivity contribution in [2.75, 3.05) is 13.2 Å². The maximum Gasteiger partial charge on any atom is 0.339 e. The summed E-state index contributed by atoms with van der Waals surface area (Å²) in [5.74, 6) is -0.845. The molecule has 1 amide bonds. The van der Waals surface area contributed by atoms with Crippen LogP contribution < -0.4 is 5.32 Å². The van der Waals surface area contributed by atoms with Crippen LogP contribution in [0, 0.1) is 6.92 Å². The van der Waals surface area contributed by atoms with E-state index in [1.165, 1.54) is 0 Å². The summed E-state index contributed by atoms with van der Waals surface area (Å²) in [6.07, 6.45) is 1.38. The fourth-order valence-corrected chi connectivity index (χ4v) is 3.34. The van der Waals surface area contributed by atoms with E-state index in [-0.39, 0.29) is 12.5 Å². The average molecular weight is 411 g/mol. The Hall–Kier alpha value is -2.92. The minimum absolute atomic E-state index is 0.322. The lowest BCUT2D eigenvalue weighted by atomic mass is 10.0. The number of fused-ring (bicyclic) bond motifs is 1. The predicted octanol–water partition coefficient (Wildman–Crippen LogP) is 4.27. The van der Waals surface area contributed by atoms with Gasteiger partial charge in [-0.3, -0.25) is 9.78 Å². The molecule has 0 unspecified atom stereocenters. The second-order valence-electron chi connectivity index (χ2n) is 6.73. The molecule has 0 fully saturated rings. The molecule has 0 saturated heterocycles. The first kappa shape index (κ1) is 20.8. The Kier molecular flexibility index (Phi) is 6.83. The van der Waals surface area contributed by atoms with E-state index in [0.717, 1.165) is 27.7 Å². The lowest BCUT2D eigenvalue weighted by Gasteiger charge is -2.13. The van der Waals surface area contributed by atoms with Crippen molar-refractivity contribution in [3.8, 4) is 0 Å². The number of nitrogens with zero attached hydrogens (tertiary/aromatic N) is 1. The second-order valence-corrected chi connectivity index (χ2v) is 7.17. The van der Waals surface area contributed by atoms with E-state index in [9.17, 15) is 9.59 Å². The number of aryl methyl sites for hydroxylation is 1. The largest absolute Gasteiger partial charge is 0.452 e. The molecule has 2 aromatic carbocycles. The third kappa shape index (κ3) is 5.12. The Bertz CT molecular complexity index is 1030. The molecule has 1 heterocycles. The molecule has 29 heavy (non-hydrogen) atoms. The predicted molar refractivity (Wildman–Crippen MR) is 114 cm³/mol. The number of halogens is 1. The number of benzene rings is 2. The Morgan fingerprint density at radius 1 is 1.10 bits per heavy atom. The smallest absolute Gasteiger partial charge is 0.339 e. The molecule has 6 heteroatoms. The molecule has 0 saturated carbocycles. The summed E-state index contributed by atoms with van der Waals surface area (Å²) in [7, 11) is 0. The molecule has 1 N–H and O–H groups in total. The highest BCUT2D eigenvalue weighted by Crippen LogP contribution is 2.24. The molecule has 0 aliphatic carbocycles. The van der Waals surface area contributed by atoms with Crippen molar-refractivity contribution in [1.82, 2.24) is 10.3 Å². The van der Waals surface area contributed by atoms with Gasteiger partial charge in [0.15, 0.2) is 6.61 Å². The Balaban J connectivity index is 1.61. The number of hydrogen-bond donors (Lipinski definition) is 1. The van der Waals surface area contributed by atoms with Crippen molar-refractivity contribution in [2.24, 2.45) is 0 Å². The summed E-state index contributed by atoms with van der Waals surface area (Å²) in [4.78, 5) is 29.4. The molecular formula is C23H23ClN2O3. The van der Waals surface area contributed by atoms with Crippen LogP contribution in [0.3, 0.4) is 0 Å². The number of aromatic nitrogens is 1. The monoisotopic (exact) mass is 410 g/mol. The van der Waals surface area contributed by atoms with Crippen molar-refractivity contribution < 1.29 is 14.3 Å². The summed E-state index contributed by atoms with van der Waals surface area (Å²) in [5, 5.41) is 4.17. The van der Waals surface area contributed by atoms with Gasteiger partial charge in [-0.05, 0) is 49.1 Å². The Morgan fingerprint density at radius 3 is 2.55 bits per heavy atom. The number of ether oxygens (including phenoxy) is 1. The molecule has 0 atom stereocenters. The van der Waals surface area contributed by atoms with Crippen LogP contribution in [0.25, 0.3) is 10.9 Å². The minimum Gasteiger partial charge on any atom is -0.452 e. The second kappa shape index (κ2) is 9.52. The molecule has 0 aliphatic rings. The Labute approximate surface area is 175 Å². The number of para-hydroxylation sites is 1. The number of nitrogens with one attached hydrogen (secondary N) is 1. The van der Waals surface area contributed by atoms with Crippen LogP contribution >= 0.6 is 11.6 Å². The van der Waals surface area contributed by atoms with Crippen LogP contribution in [0.15, 0.2) is 48.5 Å². The maximum atomic E-state index is 12.7. The quantitative estimate of drug-likeness (QED) is 0.590. The summed E-state index contributed by atoms with van der Waals surface area (Å²) in [6, 6.07) is 14.9. The van der Waals surface area contributed by atoms with E-state index in [0.29, 0.717) is 30.0 Å². The summed E-state index contributed by atoms with van der Waals surface area (Å²) in [6.45, 7) is 3.99. The zero-order chi connectivity index (χ0) is 20.8. The van der Waals surface area contributed by atoms with Gasteiger partial charge in [0.1, 0.15) is 0 Å². The maximum absolute atomic E-state index is 12.7. The zero-order valence-electron chi connectivity index (χ0n) is 16.5. The van der Waals surface area contributed by atoms with E-state index in [4.69, 9.17) is 16.3 Å². The highest BCUT2D eigenvalue weighted by Gasteiger charge is 2.19. The third-order valence-electron chi connectivity index (χ3n) is 4.76. The van der Waals surface area contributed by atoms with Crippen LogP contribution in [-0.4, -0.2) is 30.0 Å². The number of rotatable bonds is 7. The van der Waals surface area contributed by atoms with Crippen LogP contribution in [0.5, 0.6) is 0 Å². The summed E-state index contributed by atoms with van der Waals surface area (Å²) < 4.78 is 5.30. The van der Waals surface area contributed by atoms with Gasteiger partial charge in [0, 0.05) is 22.6 Å². The molecule has 0 aliphatic heterocycles. The van der Waals surface area contributed by atoms with Gasteiger partial charge in [-0.25, -0.2) is 4.79 Å². The third-order valence-corrected chi connectivity index (χ3v) is 5.01. The first-order chi connectivity index (χ1) is 14.0. The van der Waals surface area contributed by atoms with E-state index >= 15 is 0 Å². The van der Waals surface area contributed by atoms with Gasteiger partial charge in [-0.1, -0.05) is 48.9 Å². The first-order valence-corrected chi connectivity index (χ1v) is 9.94. The van der Waals surface area contributed by atoms with Gasteiger partial charge in [-0.2, -0.15) is 0 Å². The molecule has 150 valence electrons. The number of hydrogen-bond acceptors (Lipinski definition) is 4. The summed E-state index contributed by atoms with van der Waals surface area (Å²) in [5.41, 5.74) is 3.93. The van der Waals surface area contributed by atoms with E-state index in [1.54, 1.807) is 0 Å². The molecular weight excluding hydrogens is 388 g/mol. The van der Waals surface area contributed by atoms with Crippen molar-refractivity contribution in [3.05, 3.63) is 75.9 Å². The van der Waals surface area contributed by atoms with Crippen molar-refractivity contribution in [2.45, 2.75) is 26.7 Å². The molecule has 1 aromatic heterocycles. The van der Waals surface area contributed by atoms with Gasteiger partial charge in [0.2, 0.25) is 0 Å². The van der Waals surface area contributed by atoms with Crippen molar-refractivity contribution in [1.29, 1.82) is 0 Å². The minimum atomic E-state index is -0.511. The van der Waals surface area contributed by atoms with Gasteiger partial charge in [0.25, 0.3) is 5.91 Å². The number of amides is 1. The lowest BCUT2D eigenvalue weighted by molar-refractivity contribution is -0.124. The topological polar surface area (TPSA) is 68.3 Å². The molecule has 3 aromatic rings. The molecule has 0 radical (unpaired) electrons. The van der Waals surface area contributed by atoms with Crippen LogP contribution in [-0.2, 0) is 22.4 Å². The highest BCUT2D eigenvalue weighted by atomic mass is 35.5. The van der Waals surface area contributed by atoms with Crippen molar-refractivity contribution in [3.63, 3.8) is 0 Å². The zero-order valence-corrected chi connectivity index (χ0v) is 17.3. The molecule has 0 bridgehead atoms. The standard InChI is InChI=1S/C23H23ClN2O3/c1-3-19-15(2)22(18-6-4-5-7-20(18)26-19)23(28)29-14-21(27)25-13-12-16-8-10-17(24)11-9-16/h4-11H,3,12-14H2,1-2H3,(H,25,27). The number of carbonyl (C=O) groups excluding carboxylic acids is 2. The van der Waals surface area contributed by atoms with Gasteiger partial charge >= 0.3 is 5.97 Å². The number of esters is 1. The van der Waals surface area contributed by atoms with Crippen molar-refractivity contribution >= 4 is 34.4 Å². The first-order valence-electron chi connectivity index (χ1n) is 9.56.